The molecule has 2 atom stereocenters. The summed E-state index contributed by atoms with van der Waals surface area (Å²) in [7, 11) is -0.486. The monoisotopic (exact) mass is 316 g/mol. The Morgan fingerprint density at radius 2 is 2.14 bits per heavy atom. The lowest BCUT2D eigenvalue weighted by Crippen LogP contribution is -2.21. The van der Waals surface area contributed by atoms with Crippen molar-refractivity contribution in [1.82, 2.24) is 4.90 Å². The van der Waals surface area contributed by atoms with E-state index >= 15 is 0 Å². The standard InChI is InChI=1S/C14H21FN2O3S/c1-17-8-9(7-16)6-11(17)10-4-5-12(20-2)14(13(10)15)21(3,18)19/h4-5,9,11H,6-8,16H2,1-3H3. The molecule has 1 saturated heterocycles. The van der Waals surface area contributed by atoms with Gasteiger partial charge in [-0.05, 0) is 32.0 Å². The normalized spacial score (nSPS) is 23.5. The van der Waals surface area contributed by atoms with E-state index < -0.39 is 15.7 Å². The second-order valence-corrected chi connectivity index (χ2v) is 7.52. The molecular weight excluding hydrogens is 295 g/mol. The number of hydrogen-bond acceptors (Lipinski definition) is 5. The third-order valence-electron chi connectivity index (χ3n) is 4.01. The molecule has 118 valence electrons. The fraction of sp³-hybridized carbons (Fsp3) is 0.571. The first kappa shape index (κ1) is 16.2. The Morgan fingerprint density at radius 3 is 2.62 bits per heavy atom. The van der Waals surface area contributed by atoms with Crippen LogP contribution in [0.25, 0.3) is 0 Å². The molecule has 5 nitrogen and oxygen atoms in total. The Morgan fingerprint density at radius 1 is 1.48 bits per heavy atom. The maximum absolute atomic E-state index is 14.8. The van der Waals surface area contributed by atoms with Gasteiger partial charge in [-0.15, -0.1) is 0 Å². The van der Waals surface area contributed by atoms with E-state index in [4.69, 9.17) is 10.5 Å². The first-order valence-corrected chi connectivity index (χ1v) is 8.65. The number of hydrogen-bond donors (Lipinski definition) is 1. The van der Waals surface area contributed by atoms with Crippen LogP contribution in [-0.4, -0.2) is 46.8 Å². The maximum Gasteiger partial charge on any atom is 0.182 e. The first-order chi connectivity index (χ1) is 9.79. The summed E-state index contributed by atoms with van der Waals surface area (Å²) >= 11 is 0. The van der Waals surface area contributed by atoms with Gasteiger partial charge < -0.3 is 10.5 Å². The summed E-state index contributed by atoms with van der Waals surface area (Å²) < 4.78 is 43.4. The van der Waals surface area contributed by atoms with Crippen molar-refractivity contribution < 1.29 is 17.5 Å². The topological polar surface area (TPSA) is 72.6 Å². The molecule has 21 heavy (non-hydrogen) atoms. The van der Waals surface area contributed by atoms with Crippen molar-refractivity contribution in [1.29, 1.82) is 0 Å². The molecule has 7 heteroatoms. The smallest absolute Gasteiger partial charge is 0.182 e. The SMILES string of the molecule is COc1ccc(C2CC(CN)CN2C)c(F)c1S(C)(=O)=O. The summed E-state index contributed by atoms with van der Waals surface area (Å²) in [5, 5.41) is 0. The largest absolute Gasteiger partial charge is 0.495 e. The summed E-state index contributed by atoms with van der Waals surface area (Å²) in [5.74, 6) is -0.385. The minimum atomic E-state index is -3.71. The lowest BCUT2D eigenvalue weighted by Gasteiger charge is -2.21. The van der Waals surface area contributed by atoms with Crippen LogP contribution in [0.1, 0.15) is 18.0 Å². The van der Waals surface area contributed by atoms with Crippen LogP contribution in [0, 0.1) is 11.7 Å². The van der Waals surface area contributed by atoms with Crippen molar-refractivity contribution in [2.75, 3.05) is 33.5 Å². The molecule has 1 aliphatic rings. The van der Waals surface area contributed by atoms with Crippen LogP contribution in [-0.2, 0) is 9.84 Å². The Hall–Kier alpha value is -1.18. The van der Waals surface area contributed by atoms with Crippen LogP contribution in [0.15, 0.2) is 17.0 Å². The number of methoxy groups -OCH3 is 1. The molecule has 0 aliphatic carbocycles. The molecular formula is C14H21FN2O3S. The zero-order valence-corrected chi connectivity index (χ0v) is 13.3. The fourth-order valence-electron chi connectivity index (χ4n) is 2.96. The second kappa shape index (κ2) is 5.90. The predicted octanol–water partition coefficient (Wildman–Crippen LogP) is 1.19. The zero-order chi connectivity index (χ0) is 15.8. The summed E-state index contributed by atoms with van der Waals surface area (Å²) in [6.45, 7) is 1.32. The molecule has 1 heterocycles. The summed E-state index contributed by atoms with van der Waals surface area (Å²) in [4.78, 5) is 1.64. The lowest BCUT2D eigenvalue weighted by atomic mass is 9.99. The number of rotatable bonds is 4. The highest BCUT2D eigenvalue weighted by Gasteiger charge is 2.34. The summed E-state index contributed by atoms with van der Waals surface area (Å²) in [6.07, 6.45) is 1.71. The number of nitrogens with two attached hydrogens (primary N) is 1. The van der Waals surface area contributed by atoms with Crippen LogP contribution < -0.4 is 10.5 Å². The molecule has 0 radical (unpaired) electrons. The molecule has 0 aromatic heterocycles. The van der Waals surface area contributed by atoms with E-state index in [0.717, 1.165) is 19.2 Å². The van der Waals surface area contributed by atoms with Gasteiger partial charge in [-0.1, -0.05) is 6.07 Å². The summed E-state index contributed by atoms with van der Waals surface area (Å²) in [5.41, 5.74) is 6.07. The van der Waals surface area contributed by atoms with Crippen LogP contribution in [0.2, 0.25) is 0 Å². The number of likely N-dealkylation sites (tertiary alicyclic amines) is 1. The van der Waals surface area contributed by atoms with Gasteiger partial charge >= 0.3 is 0 Å². The van der Waals surface area contributed by atoms with Crippen molar-refractivity contribution in [3.63, 3.8) is 0 Å². The van der Waals surface area contributed by atoms with Crippen molar-refractivity contribution in [2.45, 2.75) is 17.4 Å². The molecule has 1 aromatic rings. The molecule has 2 rings (SSSR count). The van der Waals surface area contributed by atoms with Gasteiger partial charge in [0, 0.05) is 24.4 Å². The number of benzene rings is 1. The maximum atomic E-state index is 14.8. The van der Waals surface area contributed by atoms with Gasteiger partial charge in [0.1, 0.15) is 16.5 Å². The number of nitrogens with zero attached hydrogens (tertiary/aromatic N) is 1. The van der Waals surface area contributed by atoms with Crippen molar-refractivity contribution >= 4 is 9.84 Å². The minimum absolute atomic E-state index is 0.0368. The van der Waals surface area contributed by atoms with E-state index in [1.54, 1.807) is 6.07 Å². The van der Waals surface area contributed by atoms with Crippen LogP contribution in [0.3, 0.4) is 0 Å². The third kappa shape index (κ3) is 3.04. The Balaban J connectivity index is 2.52. The Bertz CT molecular complexity index is 633. The lowest BCUT2D eigenvalue weighted by molar-refractivity contribution is 0.304. The minimum Gasteiger partial charge on any atom is -0.495 e. The molecule has 1 fully saturated rings. The van der Waals surface area contributed by atoms with E-state index in [1.807, 2.05) is 11.9 Å². The number of halogens is 1. The van der Waals surface area contributed by atoms with Crippen LogP contribution in [0.5, 0.6) is 5.75 Å². The number of sulfone groups is 1. The Labute approximate surface area is 124 Å². The highest BCUT2D eigenvalue weighted by molar-refractivity contribution is 7.90. The van der Waals surface area contributed by atoms with Gasteiger partial charge in [0.05, 0.1) is 7.11 Å². The van der Waals surface area contributed by atoms with E-state index in [0.29, 0.717) is 18.0 Å². The van der Waals surface area contributed by atoms with Crippen LogP contribution in [0.4, 0.5) is 4.39 Å². The molecule has 1 aromatic carbocycles. The fourth-order valence-corrected chi connectivity index (χ4v) is 3.92. The van der Waals surface area contributed by atoms with Gasteiger partial charge in [0.15, 0.2) is 9.84 Å². The zero-order valence-electron chi connectivity index (χ0n) is 12.5. The van der Waals surface area contributed by atoms with Gasteiger partial charge in [-0.2, -0.15) is 0 Å². The molecule has 0 amide bonds. The first-order valence-electron chi connectivity index (χ1n) is 6.76. The quantitative estimate of drug-likeness (QED) is 0.903. The average molecular weight is 316 g/mol. The number of ether oxygens (including phenoxy) is 1. The highest BCUT2D eigenvalue weighted by Crippen LogP contribution is 2.38. The highest BCUT2D eigenvalue weighted by atomic mass is 32.2. The van der Waals surface area contributed by atoms with E-state index in [-0.39, 0.29) is 16.7 Å². The van der Waals surface area contributed by atoms with Crippen molar-refractivity contribution in [3.05, 3.63) is 23.5 Å². The van der Waals surface area contributed by atoms with Crippen LogP contribution >= 0.6 is 0 Å². The van der Waals surface area contributed by atoms with Gasteiger partial charge in [0.2, 0.25) is 0 Å². The predicted molar refractivity (Wildman–Crippen MR) is 78.6 cm³/mol. The molecule has 0 spiro atoms. The van der Waals surface area contributed by atoms with E-state index in [2.05, 4.69) is 0 Å². The summed E-state index contributed by atoms with van der Waals surface area (Å²) in [6, 6.07) is 2.95. The average Bonchev–Trinajstić information content (AvgIpc) is 2.78. The molecule has 0 bridgehead atoms. The van der Waals surface area contributed by atoms with Crippen molar-refractivity contribution in [3.8, 4) is 5.75 Å². The third-order valence-corrected chi connectivity index (χ3v) is 5.13. The van der Waals surface area contributed by atoms with E-state index in [1.165, 1.54) is 13.2 Å². The molecule has 2 unspecified atom stereocenters. The molecule has 0 saturated carbocycles. The molecule has 1 aliphatic heterocycles. The van der Waals surface area contributed by atoms with Gasteiger partial charge in [0.25, 0.3) is 0 Å². The van der Waals surface area contributed by atoms with Gasteiger partial charge in [-0.25, -0.2) is 12.8 Å². The second-order valence-electron chi connectivity index (χ2n) is 5.57. The van der Waals surface area contributed by atoms with E-state index in [9.17, 15) is 12.8 Å². The van der Waals surface area contributed by atoms with Gasteiger partial charge in [-0.3, -0.25) is 4.90 Å². The van der Waals surface area contributed by atoms with Crippen molar-refractivity contribution in [2.24, 2.45) is 11.7 Å². The molecule has 2 N–H and O–H groups in total. The Kier molecular flexibility index (Phi) is 4.55.